The Morgan fingerprint density at radius 1 is 1.29 bits per heavy atom. The molecule has 5 nitrogen and oxygen atoms in total. The van der Waals surface area contributed by atoms with Crippen molar-refractivity contribution >= 4 is 33.5 Å². The maximum Gasteiger partial charge on any atom is 0.326 e. The Bertz CT molecular complexity index is 529. The van der Waals surface area contributed by atoms with E-state index in [1.165, 1.54) is 17.9 Å². The maximum absolute atomic E-state index is 11.9. The van der Waals surface area contributed by atoms with Crippen molar-refractivity contribution in [2.75, 3.05) is 5.75 Å². The average Bonchev–Trinajstić information content (AvgIpc) is 3.02. The minimum Gasteiger partial charge on any atom is -0.513 e. The number of carbonyl (C=O) groups is 2. The van der Waals surface area contributed by atoms with Gasteiger partial charge in [0.1, 0.15) is 6.04 Å². The Hall–Kier alpha value is -1.34. The highest BCUT2D eigenvalue weighted by Crippen LogP contribution is 2.40. The first-order valence-electron chi connectivity index (χ1n) is 7.92. The summed E-state index contributed by atoms with van der Waals surface area (Å²) in [7, 11) is 3.65. The lowest BCUT2D eigenvalue weighted by molar-refractivity contribution is -0.141. The molecule has 3 N–H and O–H groups in total. The fourth-order valence-electron chi connectivity index (χ4n) is 2.08. The van der Waals surface area contributed by atoms with E-state index in [4.69, 9.17) is 5.11 Å². The molecule has 1 aliphatic rings. The number of hydrogen-bond donors (Lipinski definition) is 3. The molecule has 1 amide bonds. The molecule has 0 aromatic rings. The molecule has 1 heterocycles. The number of rotatable bonds is 9. The summed E-state index contributed by atoms with van der Waals surface area (Å²) in [5.74, 6) is 0.00577. The second kappa shape index (κ2) is 11.3. The van der Waals surface area contributed by atoms with Gasteiger partial charge in [-0.05, 0) is 50.5 Å². The van der Waals surface area contributed by atoms with Gasteiger partial charge in [-0.25, -0.2) is 4.79 Å². The molecular formula is C17H25NO4S2. The molecule has 7 heteroatoms. The first-order chi connectivity index (χ1) is 11.4. The van der Waals surface area contributed by atoms with Gasteiger partial charge in [-0.3, -0.25) is 4.79 Å². The number of aliphatic hydroxyl groups excluding tert-OH is 1. The second-order valence-corrected chi connectivity index (χ2v) is 8.24. The van der Waals surface area contributed by atoms with Gasteiger partial charge in [0, 0.05) is 12.2 Å². The van der Waals surface area contributed by atoms with Crippen LogP contribution in [0.25, 0.3) is 0 Å². The summed E-state index contributed by atoms with van der Waals surface area (Å²) in [6.45, 7) is 3.31. The molecule has 0 spiro atoms. The summed E-state index contributed by atoms with van der Waals surface area (Å²) in [5, 5.41) is 20.9. The summed E-state index contributed by atoms with van der Waals surface area (Å²) in [4.78, 5) is 24.6. The standard InChI is InChI=1S/C17H25NO4S2/c1-12(7-8-13(2)19)11-15(17(21)22)18-16(20)6-4-3-5-14-9-10-23-24-14/h5,7-8,15,19H,3-4,6,9-11H2,1-2H3,(H,18,20)(H,21,22)/b12-7+,13-8+,14-5-/t15-/m1/s1. The maximum atomic E-state index is 11.9. The first kappa shape index (κ1) is 20.7. The van der Waals surface area contributed by atoms with E-state index in [2.05, 4.69) is 11.4 Å². The minimum atomic E-state index is -1.05. The van der Waals surface area contributed by atoms with Crippen LogP contribution in [-0.2, 0) is 9.59 Å². The van der Waals surface area contributed by atoms with Gasteiger partial charge in [-0.1, -0.05) is 39.3 Å². The van der Waals surface area contributed by atoms with E-state index in [0.29, 0.717) is 12.8 Å². The molecule has 0 aromatic heterocycles. The smallest absolute Gasteiger partial charge is 0.326 e. The number of nitrogens with one attached hydrogen (secondary N) is 1. The van der Waals surface area contributed by atoms with Crippen LogP contribution in [-0.4, -0.2) is 33.9 Å². The van der Waals surface area contributed by atoms with Crippen LogP contribution in [0.5, 0.6) is 0 Å². The Morgan fingerprint density at radius 3 is 2.62 bits per heavy atom. The van der Waals surface area contributed by atoms with Crippen LogP contribution >= 0.6 is 21.6 Å². The quantitative estimate of drug-likeness (QED) is 0.244. The Kier molecular flexibility index (Phi) is 9.71. The van der Waals surface area contributed by atoms with Crippen molar-refractivity contribution in [1.29, 1.82) is 0 Å². The molecule has 134 valence electrons. The lowest BCUT2D eigenvalue weighted by atomic mass is 10.1. The summed E-state index contributed by atoms with van der Waals surface area (Å²) in [5.41, 5.74) is 0.775. The Labute approximate surface area is 151 Å². The van der Waals surface area contributed by atoms with Gasteiger partial charge < -0.3 is 15.5 Å². The molecule has 24 heavy (non-hydrogen) atoms. The molecule has 0 radical (unpaired) electrons. The van der Waals surface area contributed by atoms with Crippen molar-refractivity contribution < 1.29 is 19.8 Å². The van der Waals surface area contributed by atoms with Crippen LogP contribution in [0.4, 0.5) is 0 Å². The fourth-order valence-corrected chi connectivity index (χ4v) is 4.53. The Balaban J connectivity index is 2.39. The largest absolute Gasteiger partial charge is 0.513 e. The zero-order chi connectivity index (χ0) is 17.9. The van der Waals surface area contributed by atoms with E-state index in [9.17, 15) is 14.7 Å². The van der Waals surface area contributed by atoms with Crippen LogP contribution in [0, 0.1) is 0 Å². The number of carbonyl (C=O) groups excluding carboxylic acids is 1. The van der Waals surface area contributed by atoms with E-state index >= 15 is 0 Å². The third-order valence-electron chi connectivity index (χ3n) is 3.35. The number of aliphatic hydroxyl groups is 1. The summed E-state index contributed by atoms with van der Waals surface area (Å²) in [6.07, 6.45) is 8.52. The van der Waals surface area contributed by atoms with E-state index in [1.54, 1.807) is 23.8 Å². The van der Waals surface area contributed by atoms with Gasteiger partial charge >= 0.3 is 5.97 Å². The van der Waals surface area contributed by atoms with Crippen molar-refractivity contribution in [3.05, 3.63) is 34.5 Å². The molecule has 0 aliphatic carbocycles. The normalized spacial score (nSPS) is 18.7. The van der Waals surface area contributed by atoms with Crippen molar-refractivity contribution in [1.82, 2.24) is 5.32 Å². The van der Waals surface area contributed by atoms with Crippen LogP contribution in [0.2, 0.25) is 0 Å². The predicted octanol–water partition coefficient (Wildman–Crippen LogP) is 4.19. The van der Waals surface area contributed by atoms with E-state index < -0.39 is 12.0 Å². The molecule has 1 rings (SSSR count). The highest BCUT2D eigenvalue weighted by Gasteiger charge is 2.19. The zero-order valence-corrected chi connectivity index (χ0v) is 15.7. The third kappa shape index (κ3) is 9.08. The van der Waals surface area contributed by atoms with Gasteiger partial charge in [0.25, 0.3) is 0 Å². The molecule has 0 aromatic carbocycles. The Morgan fingerprint density at radius 2 is 2.04 bits per heavy atom. The van der Waals surface area contributed by atoms with Crippen LogP contribution in [0.3, 0.4) is 0 Å². The average molecular weight is 372 g/mol. The number of amides is 1. The number of unbranched alkanes of at least 4 members (excludes halogenated alkanes) is 1. The molecule has 1 atom stereocenters. The van der Waals surface area contributed by atoms with Crippen molar-refractivity contribution in [3.63, 3.8) is 0 Å². The predicted molar refractivity (Wildman–Crippen MR) is 101 cm³/mol. The number of aliphatic carboxylic acids is 1. The summed E-state index contributed by atoms with van der Waals surface area (Å²) in [6, 6.07) is -0.943. The first-order valence-corrected chi connectivity index (χ1v) is 10.2. The molecule has 1 fully saturated rings. The third-order valence-corrected chi connectivity index (χ3v) is 5.92. The molecular weight excluding hydrogens is 346 g/mol. The molecule has 0 unspecified atom stereocenters. The van der Waals surface area contributed by atoms with Crippen LogP contribution in [0.15, 0.2) is 34.5 Å². The lowest BCUT2D eigenvalue weighted by Crippen LogP contribution is -2.40. The highest BCUT2D eigenvalue weighted by molar-refractivity contribution is 8.78. The topological polar surface area (TPSA) is 86.6 Å². The van der Waals surface area contributed by atoms with Gasteiger partial charge in [0.2, 0.25) is 5.91 Å². The van der Waals surface area contributed by atoms with Crippen molar-refractivity contribution in [3.8, 4) is 0 Å². The highest BCUT2D eigenvalue weighted by atomic mass is 33.1. The van der Waals surface area contributed by atoms with Gasteiger partial charge in [-0.15, -0.1) is 0 Å². The van der Waals surface area contributed by atoms with Gasteiger partial charge in [0.15, 0.2) is 0 Å². The second-order valence-electron chi connectivity index (χ2n) is 5.70. The monoisotopic (exact) mass is 371 g/mol. The van der Waals surface area contributed by atoms with Crippen molar-refractivity contribution in [2.45, 2.75) is 52.0 Å². The number of allylic oxidation sites excluding steroid dienone is 5. The molecule has 1 aliphatic heterocycles. The summed E-state index contributed by atoms with van der Waals surface area (Å²) >= 11 is 0. The molecule has 0 bridgehead atoms. The summed E-state index contributed by atoms with van der Waals surface area (Å²) < 4.78 is 0. The number of carboxylic acid groups (broad SMARTS) is 1. The van der Waals surface area contributed by atoms with E-state index in [0.717, 1.165) is 24.2 Å². The van der Waals surface area contributed by atoms with Crippen molar-refractivity contribution in [2.24, 2.45) is 0 Å². The number of hydrogen-bond acceptors (Lipinski definition) is 5. The molecule has 1 saturated heterocycles. The van der Waals surface area contributed by atoms with E-state index in [-0.39, 0.29) is 18.1 Å². The SMILES string of the molecule is C/C(O)=C\C=C(/C)C[C@@H](NC(=O)CCC/C=C1/CCSS1)C(=O)O. The van der Waals surface area contributed by atoms with Gasteiger partial charge in [-0.2, -0.15) is 0 Å². The van der Waals surface area contributed by atoms with E-state index in [1.807, 2.05) is 10.8 Å². The van der Waals surface area contributed by atoms with Gasteiger partial charge in [0.05, 0.1) is 5.76 Å². The lowest BCUT2D eigenvalue weighted by Gasteiger charge is -2.14. The van der Waals surface area contributed by atoms with Crippen LogP contribution < -0.4 is 5.32 Å². The zero-order valence-electron chi connectivity index (χ0n) is 14.1. The number of carboxylic acids is 1. The molecule has 0 saturated carbocycles. The fraction of sp³-hybridized carbons (Fsp3) is 0.529. The van der Waals surface area contributed by atoms with Crippen LogP contribution in [0.1, 0.15) is 46.0 Å². The minimum absolute atomic E-state index is 0.151.